The minimum atomic E-state index is -0.613. The largest absolute Gasteiger partial charge is 0.488 e. The summed E-state index contributed by atoms with van der Waals surface area (Å²) in [5.74, 6) is -0.425. The lowest BCUT2D eigenvalue weighted by Crippen LogP contribution is -2.19. The number of para-hydroxylation sites is 1. The van der Waals surface area contributed by atoms with E-state index in [1.807, 2.05) is 12.1 Å². The molecule has 4 aromatic carbocycles. The van der Waals surface area contributed by atoms with Gasteiger partial charge < -0.3 is 9.47 Å². The number of nitrogens with one attached hydrogen (secondary N) is 1. The van der Waals surface area contributed by atoms with Crippen molar-refractivity contribution in [3.63, 3.8) is 0 Å². The first-order valence-electron chi connectivity index (χ1n) is 11.0. The van der Waals surface area contributed by atoms with E-state index in [9.17, 15) is 9.59 Å². The smallest absolute Gasteiger partial charge is 0.345 e. The third kappa shape index (κ3) is 7.20. The number of nitrogens with zero attached hydrogens (tertiary/aromatic N) is 1. The normalized spacial score (nSPS) is 10.8. The summed E-state index contributed by atoms with van der Waals surface area (Å²) < 4.78 is 12.1. The number of esters is 1. The number of hydrogen-bond acceptors (Lipinski definition) is 5. The third-order valence-corrected chi connectivity index (χ3v) is 6.15. The Morgan fingerprint density at radius 3 is 2.32 bits per heavy atom. The number of amides is 1. The van der Waals surface area contributed by atoms with E-state index in [2.05, 4.69) is 26.5 Å². The van der Waals surface area contributed by atoms with Crippen LogP contribution in [0.2, 0.25) is 10.0 Å². The lowest BCUT2D eigenvalue weighted by Gasteiger charge is -2.11. The standard InChI is InChI=1S/C28H19BrCl2N2O4/c29-20-11-14-25(37-28(35)22-5-1-3-7-24(22)31)19(15-20)16-32-33-27(34)23-6-2-4-8-26(23)36-17-18-9-12-21(30)13-10-18/h1-16H,17H2,(H,33,34)/b32-16+. The fourth-order valence-electron chi connectivity index (χ4n) is 3.24. The van der Waals surface area contributed by atoms with E-state index in [-0.39, 0.29) is 22.9 Å². The Morgan fingerprint density at radius 1 is 0.865 bits per heavy atom. The second-order valence-corrected chi connectivity index (χ2v) is 9.42. The molecule has 0 aromatic heterocycles. The number of benzene rings is 4. The van der Waals surface area contributed by atoms with Crippen molar-refractivity contribution in [2.75, 3.05) is 0 Å². The van der Waals surface area contributed by atoms with Crippen molar-refractivity contribution in [2.24, 2.45) is 5.10 Å². The van der Waals surface area contributed by atoms with Crippen molar-refractivity contribution in [1.29, 1.82) is 0 Å². The van der Waals surface area contributed by atoms with Crippen LogP contribution < -0.4 is 14.9 Å². The van der Waals surface area contributed by atoms with Crippen LogP contribution in [0.4, 0.5) is 0 Å². The molecule has 6 nitrogen and oxygen atoms in total. The van der Waals surface area contributed by atoms with Crippen molar-refractivity contribution in [2.45, 2.75) is 6.61 Å². The van der Waals surface area contributed by atoms with Gasteiger partial charge in [0.1, 0.15) is 18.1 Å². The Morgan fingerprint density at radius 2 is 1.57 bits per heavy atom. The van der Waals surface area contributed by atoms with Crippen molar-refractivity contribution in [3.8, 4) is 11.5 Å². The number of ether oxygens (including phenoxy) is 2. The summed E-state index contributed by atoms with van der Waals surface area (Å²) in [6.07, 6.45) is 1.38. The molecular formula is C28H19BrCl2N2O4. The van der Waals surface area contributed by atoms with E-state index in [1.165, 1.54) is 6.21 Å². The van der Waals surface area contributed by atoms with E-state index >= 15 is 0 Å². The molecule has 0 saturated carbocycles. The highest BCUT2D eigenvalue weighted by molar-refractivity contribution is 9.10. The Kier molecular flexibility index (Phi) is 8.95. The summed E-state index contributed by atoms with van der Waals surface area (Å²) in [5, 5.41) is 4.97. The zero-order valence-corrected chi connectivity index (χ0v) is 22.3. The van der Waals surface area contributed by atoms with Crippen LogP contribution in [0.25, 0.3) is 0 Å². The zero-order chi connectivity index (χ0) is 26.2. The molecule has 0 atom stereocenters. The van der Waals surface area contributed by atoms with Gasteiger partial charge in [-0.3, -0.25) is 4.79 Å². The molecule has 0 aliphatic carbocycles. The second-order valence-electron chi connectivity index (χ2n) is 7.66. The van der Waals surface area contributed by atoms with Gasteiger partial charge in [0.15, 0.2) is 0 Å². The molecule has 1 N–H and O–H groups in total. The van der Waals surface area contributed by atoms with Gasteiger partial charge in [0, 0.05) is 15.1 Å². The van der Waals surface area contributed by atoms with E-state index in [0.29, 0.717) is 21.9 Å². The van der Waals surface area contributed by atoms with Gasteiger partial charge in [0.05, 0.1) is 22.4 Å². The summed E-state index contributed by atoms with van der Waals surface area (Å²) >= 11 is 15.4. The average Bonchev–Trinajstić information content (AvgIpc) is 2.90. The number of halogens is 3. The van der Waals surface area contributed by atoms with Gasteiger partial charge in [-0.25, -0.2) is 10.2 Å². The minimum Gasteiger partial charge on any atom is -0.488 e. The van der Waals surface area contributed by atoms with Crippen LogP contribution in [0.1, 0.15) is 31.8 Å². The van der Waals surface area contributed by atoms with Gasteiger partial charge in [-0.15, -0.1) is 0 Å². The van der Waals surface area contributed by atoms with E-state index < -0.39 is 11.9 Å². The maximum Gasteiger partial charge on any atom is 0.345 e. The van der Waals surface area contributed by atoms with Gasteiger partial charge in [-0.2, -0.15) is 5.10 Å². The van der Waals surface area contributed by atoms with Crippen LogP contribution in [0.3, 0.4) is 0 Å². The number of carbonyl (C=O) groups is 2. The lowest BCUT2D eigenvalue weighted by atomic mass is 10.2. The second kappa shape index (κ2) is 12.5. The molecule has 37 heavy (non-hydrogen) atoms. The summed E-state index contributed by atoms with van der Waals surface area (Å²) in [6.45, 7) is 0.267. The molecule has 0 saturated heterocycles. The molecule has 4 rings (SSSR count). The van der Waals surface area contributed by atoms with Crippen molar-refractivity contribution >= 4 is 57.2 Å². The van der Waals surface area contributed by atoms with Crippen LogP contribution in [0, 0.1) is 0 Å². The first-order chi connectivity index (χ1) is 17.9. The molecule has 0 heterocycles. The highest BCUT2D eigenvalue weighted by atomic mass is 79.9. The number of carbonyl (C=O) groups excluding carboxylic acids is 2. The lowest BCUT2D eigenvalue weighted by molar-refractivity contribution is 0.0734. The molecule has 0 aliphatic heterocycles. The van der Waals surface area contributed by atoms with Crippen LogP contribution in [-0.4, -0.2) is 18.1 Å². The summed E-state index contributed by atoms with van der Waals surface area (Å²) in [6, 6.07) is 25.7. The number of rotatable bonds is 8. The SMILES string of the molecule is O=C(Oc1ccc(Br)cc1/C=N/NC(=O)c1ccccc1OCc1ccc(Cl)cc1)c1ccccc1Cl. The molecule has 0 spiro atoms. The van der Waals surface area contributed by atoms with Crippen LogP contribution >= 0.6 is 39.1 Å². The maximum atomic E-state index is 12.8. The van der Waals surface area contributed by atoms with Crippen LogP contribution in [0.15, 0.2) is 101 Å². The van der Waals surface area contributed by atoms with Crippen molar-refractivity contribution in [3.05, 3.63) is 128 Å². The molecule has 0 fully saturated rings. The Hall–Kier alpha value is -3.65. The topological polar surface area (TPSA) is 77.0 Å². The van der Waals surface area contributed by atoms with Crippen molar-refractivity contribution < 1.29 is 19.1 Å². The van der Waals surface area contributed by atoms with Gasteiger partial charge in [0.2, 0.25) is 0 Å². The van der Waals surface area contributed by atoms with Gasteiger partial charge >= 0.3 is 5.97 Å². The Labute approximate surface area is 232 Å². The number of hydrazone groups is 1. The van der Waals surface area contributed by atoms with Crippen LogP contribution in [-0.2, 0) is 6.61 Å². The van der Waals surface area contributed by atoms with Gasteiger partial charge in [-0.1, -0.05) is 75.5 Å². The van der Waals surface area contributed by atoms with Crippen molar-refractivity contribution in [1.82, 2.24) is 5.43 Å². The molecular weight excluding hydrogens is 579 g/mol. The maximum absolute atomic E-state index is 12.8. The summed E-state index contributed by atoms with van der Waals surface area (Å²) in [7, 11) is 0. The third-order valence-electron chi connectivity index (χ3n) is 5.08. The van der Waals surface area contributed by atoms with E-state index in [4.69, 9.17) is 32.7 Å². The molecule has 0 radical (unpaired) electrons. The molecule has 0 bridgehead atoms. The molecule has 186 valence electrons. The van der Waals surface area contributed by atoms with Gasteiger partial charge in [0.25, 0.3) is 5.91 Å². The predicted molar refractivity (Wildman–Crippen MR) is 148 cm³/mol. The average molecular weight is 598 g/mol. The predicted octanol–water partition coefficient (Wildman–Crippen LogP) is 7.32. The fourth-order valence-corrected chi connectivity index (χ4v) is 3.95. The number of hydrogen-bond donors (Lipinski definition) is 1. The quantitative estimate of drug-likeness (QED) is 0.0999. The zero-order valence-electron chi connectivity index (χ0n) is 19.2. The monoisotopic (exact) mass is 596 g/mol. The highest BCUT2D eigenvalue weighted by Gasteiger charge is 2.15. The van der Waals surface area contributed by atoms with Gasteiger partial charge in [-0.05, 0) is 60.2 Å². The first kappa shape index (κ1) is 26.4. The molecule has 0 aliphatic rings. The fraction of sp³-hybridized carbons (Fsp3) is 0.0357. The Balaban J connectivity index is 1.45. The molecule has 0 unspecified atom stereocenters. The highest BCUT2D eigenvalue weighted by Crippen LogP contribution is 2.25. The summed E-state index contributed by atoms with van der Waals surface area (Å²) in [4.78, 5) is 25.4. The first-order valence-corrected chi connectivity index (χ1v) is 12.5. The van der Waals surface area contributed by atoms with Crippen LogP contribution in [0.5, 0.6) is 11.5 Å². The van der Waals surface area contributed by atoms with E-state index in [1.54, 1.807) is 78.9 Å². The Bertz CT molecular complexity index is 1460. The minimum absolute atomic E-state index is 0.235. The van der Waals surface area contributed by atoms with E-state index in [0.717, 1.165) is 10.0 Å². The summed E-state index contributed by atoms with van der Waals surface area (Å²) in [5.41, 5.74) is 4.41. The molecule has 1 amide bonds. The molecule has 4 aromatic rings. The molecule has 9 heteroatoms.